The van der Waals surface area contributed by atoms with Crippen molar-refractivity contribution < 1.29 is 14.2 Å². The summed E-state index contributed by atoms with van der Waals surface area (Å²) in [5.41, 5.74) is 3.92. The van der Waals surface area contributed by atoms with Crippen molar-refractivity contribution in [2.24, 2.45) is 0 Å². The zero-order valence-electron chi connectivity index (χ0n) is 17.6. The van der Waals surface area contributed by atoms with E-state index in [1.807, 2.05) is 24.3 Å². The van der Waals surface area contributed by atoms with Gasteiger partial charge in [0.2, 0.25) is 5.88 Å². The molecule has 1 fully saturated rings. The minimum atomic E-state index is -0.387. The molecule has 5 heterocycles. The molecule has 0 aliphatic carbocycles. The predicted molar refractivity (Wildman–Crippen MR) is 117 cm³/mol. The van der Waals surface area contributed by atoms with Gasteiger partial charge in [0.1, 0.15) is 17.3 Å². The standard InChI is InChI=1S/C23H23FN6O2/c1-32-23-17(12-16(24)13-27-23)19-3-2-9-29(19)22-5-4-21-26-14-20(30(21)28-22)18-11-15(7-10-31)6-8-25-18/h4-6,8,11-14,19,31H,2-3,7,9-10H2,1H3/t19-/m1/s1. The van der Waals surface area contributed by atoms with E-state index in [9.17, 15) is 9.50 Å². The van der Waals surface area contributed by atoms with Crippen LogP contribution in [0.4, 0.5) is 10.2 Å². The molecule has 5 rings (SSSR count). The summed E-state index contributed by atoms with van der Waals surface area (Å²) >= 11 is 0. The average molecular weight is 434 g/mol. The predicted octanol–water partition coefficient (Wildman–Crippen LogP) is 3.21. The molecule has 8 nitrogen and oxygen atoms in total. The first-order valence-corrected chi connectivity index (χ1v) is 10.5. The van der Waals surface area contributed by atoms with Gasteiger partial charge in [0.25, 0.3) is 0 Å². The molecule has 1 aliphatic rings. The number of aliphatic hydroxyl groups excluding tert-OH is 1. The maximum absolute atomic E-state index is 14.0. The summed E-state index contributed by atoms with van der Waals surface area (Å²) in [5, 5.41) is 14.1. The van der Waals surface area contributed by atoms with E-state index in [2.05, 4.69) is 19.9 Å². The number of ether oxygens (including phenoxy) is 1. The third kappa shape index (κ3) is 3.64. The smallest absolute Gasteiger partial charge is 0.218 e. The fraction of sp³-hybridized carbons (Fsp3) is 0.304. The van der Waals surface area contributed by atoms with E-state index in [-0.39, 0.29) is 18.5 Å². The first-order chi connectivity index (χ1) is 15.7. The van der Waals surface area contributed by atoms with Crippen LogP contribution in [0.25, 0.3) is 17.0 Å². The number of aromatic nitrogens is 5. The van der Waals surface area contributed by atoms with Crippen LogP contribution in [0, 0.1) is 5.82 Å². The second-order valence-electron chi connectivity index (χ2n) is 7.73. The molecule has 0 saturated carbocycles. The highest BCUT2D eigenvalue weighted by molar-refractivity contribution is 5.61. The Morgan fingerprint density at radius 1 is 1.16 bits per heavy atom. The average Bonchev–Trinajstić information content (AvgIpc) is 3.46. The molecule has 0 amide bonds. The largest absolute Gasteiger partial charge is 0.481 e. The number of fused-ring (bicyclic) bond motifs is 1. The van der Waals surface area contributed by atoms with Crippen LogP contribution < -0.4 is 9.64 Å². The van der Waals surface area contributed by atoms with Gasteiger partial charge in [-0.25, -0.2) is 18.9 Å². The Morgan fingerprint density at radius 2 is 2.06 bits per heavy atom. The van der Waals surface area contributed by atoms with Gasteiger partial charge in [-0.15, -0.1) is 5.10 Å². The number of anilines is 1. The SMILES string of the molecule is COc1ncc(F)cc1[C@H]1CCCN1c1ccc2ncc(-c3cc(CCO)ccn3)n2n1. The van der Waals surface area contributed by atoms with Crippen LogP contribution in [-0.2, 0) is 6.42 Å². The van der Waals surface area contributed by atoms with Crippen molar-refractivity contribution in [2.75, 3.05) is 25.2 Å². The molecule has 1 atom stereocenters. The zero-order chi connectivity index (χ0) is 22.1. The second kappa shape index (κ2) is 8.51. The summed E-state index contributed by atoms with van der Waals surface area (Å²) in [6.45, 7) is 0.866. The number of rotatable bonds is 6. The summed E-state index contributed by atoms with van der Waals surface area (Å²) in [4.78, 5) is 15.2. The Kier molecular flexibility index (Phi) is 5.40. The van der Waals surface area contributed by atoms with Gasteiger partial charge in [0.05, 0.1) is 31.2 Å². The van der Waals surface area contributed by atoms with Gasteiger partial charge in [0.15, 0.2) is 5.65 Å². The van der Waals surface area contributed by atoms with Crippen LogP contribution in [0.5, 0.6) is 5.88 Å². The minimum absolute atomic E-state index is 0.0771. The summed E-state index contributed by atoms with van der Waals surface area (Å²) in [6, 6.07) is 9.08. The third-order valence-electron chi connectivity index (χ3n) is 5.78. The molecule has 0 spiro atoms. The lowest BCUT2D eigenvalue weighted by Gasteiger charge is -2.26. The van der Waals surface area contributed by atoms with E-state index in [1.165, 1.54) is 12.3 Å². The van der Waals surface area contributed by atoms with Gasteiger partial charge in [-0.2, -0.15) is 0 Å². The molecule has 32 heavy (non-hydrogen) atoms. The lowest BCUT2D eigenvalue weighted by atomic mass is 10.1. The van der Waals surface area contributed by atoms with Crippen molar-refractivity contribution in [2.45, 2.75) is 25.3 Å². The van der Waals surface area contributed by atoms with Crippen molar-refractivity contribution in [1.82, 2.24) is 24.6 Å². The van der Waals surface area contributed by atoms with Gasteiger partial charge >= 0.3 is 0 Å². The molecule has 1 saturated heterocycles. The van der Waals surface area contributed by atoms with E-state index < -0.39 is 0 Å². The second-order valence-corrected chi connectivity index (χ2v) is 7.73. The quantitative estimate of drug-likeness (QED) is 0.498. The number of methoxy groups -OCH3 is 1. The number of pyridine rings is 2. The lowest BCUT2D eigenvalue weighted by Crippen LogP contribution is -2.25. The van der Waals surface area contributed by atoms with Crippen LogP contribution in [0.2, 0.25) is 0 Å². The number of hydrogen-bond acceptors (Lipinski definition) is 7. The van der Waals surface area contributed by atoms with Crippen LogP contribution in [0.1, 0.15) is 30.0 Å². The fourth-order valence-corrected chi connectivity index (χ4v) is 4.31. The Morgan fingerprint density at radius 3 is 2.91 bits per heavy atom. The maximum Gasteiger partial charge on any atom is 0.218 e. The minimum Gasteiger partial charge on any atom is -0.481 e. The number of nitrogens with zero attached hydrogens (tertiary/aromatic N) is 6. The Labute approximate surface area is 184 Å². The number of hydrogen-bond donors (Lipinski definition) is 1. The summed E-state index contributed by atoms with van der Waals surface area (Å²) in [7, 11) is 1.54. The molecule has 0 unspecified atom stereocenters. The monoisotopic (exact) mass is 434 g/mol. The first-order valence-electron chi connectivity index (χ1n) is 10.5. The maximum atomic E-state index is 14.0. The Bertz CT molecular complexity index is 1260. The van der Waals surface area contributed by atoms with Gasteiger partial charge in [-0.1, -0.05) is 0 Å². The number of halogens is 1. The van der Waals surface area contributed by atoms with E-state index in [0.29, 0.717) is 17.9 Å². The molecule has 4 aromatic heterocycles. The van der Waals surface area contributed by atoms with Gasteiger partial charge in [-0.3, -0.25) is 4.98 Å². The van der Waals surface area contributed by atoms with E-state index in [4.69, 9.17) is 9.84 Å². The van der Waals surface area contributed by atoms with Gasteiger partial charge in [-0.05, 0) is 55.2 Å². The fourth-order valence-electron chi connectivity index (χ4n) is 4.31. The van der Waals surface area contributed by atoms with Crippen LogP contribution >= 0.6 is 0 Å². The van der Waals surface area contributed by atoms with Crippen LogP contribution in [0.15, 0.2) is 48.9 Å². The normalized spacial score (nSPS) is 16.1. The number of aliphatic hydroxyl groups is 1. The van der Waals surface area contributed by atoms with Crippen molar-refractivity contribution in [1.29, 1.82) is 0 Å². The summed E-state index contributed by atoms with van der Waals surface area (Å²) < 4.78 is 21.1. The molecule has 0 radical (unpaired) electrons. The van der Waals surface area contributed by atoms with E-state index >= 15 is 0 Å². The molecule has 9 heteroatoms. The Balaban J connectivity index is 1.55. The molecule has 164 valence electrons. The highest BCUT2D eigenvalue weighted by Gasteiger charge is 2.31. The van der Waals surface area contributed by atoms with Crippen LogP contribution in [0.3, 0.4) is 0 Å². The molecular weight excluding hydrogens is 411 g/mol. The Hall–Kier alpha value is -3.59. The highest BCUT2D eigenvalue weighted by atomic mass is 19.1. The summed E-state index contributed by atoms with van der Waals surface area (Å²) in [6.07, 6.45) is 7.00. The zero-order valence-corrected chi connectivity index (χ0v) is 17.6. The molecule has 4 aromatic rings. The van der Waals surface area contributed by atoms with Crippen molar-refractivity contribution in [3.05, 3.63) is 65.9 Å². The van der Waals surface area contributed by atoms with Gasteiger partial charge < -0.3 is 14.7 Å². The third-order valence-corrected chi connectivity index (χ3v) is 5.78. The van der Waals surface area contributed by atoms with Crippen molar-refractivity contribution >= 4 is 11.5 Å². The number of imidazole rings is 1. The topological polar surface area (TPSA) is 88.7 Å². The van der Waals surface area contributed by atoms with Crippen LogP contribution in [-0.4, -0.2) is 49.9 Å². The first kappa shape index (κ1) is 20.3. The lowest BCUT2D eigenvalue weighted by molar-refractivity contribution is 0.299. The van der Waals surface area contributed by atoms with Crippen molar-refractivity contribution in [3.63, 3.8) is 0 Å². The molecule has 1 N–H and O–H groups in total. The van der Waals surface area contributed by atoms with Crippen molar-refractivity contribution in [3.8, 4) is 17.3 Å². The van der Waals surface area contributed by atoms with Gasteiger partial charge in [0, 0.05) is 24.9 Å². The molecule has 0 aromatic carbocycles. The molecule has 1 aliphatic heterocycles. The van der Waals surface area contributed by atoms with E-state index in [1.54, 1.807) is 24.0 Å². The van der Waals surface area contributed by atoms with E-state index in [0.717, 1.165) is 47.7 Å². The highest BCUT2D eigenvalue weighted by Crippen LogP contribution is 2.38. The molecule has 0 bridgehead atoms. The summed E-state index contributed by atoms with van der Waals surface area (Å²) in [5.74, 6) is 0.802. The molecular formula is C23H23FN6O2.